The number of hydrogen-bond donors (Lipinski definition) is 2. The molecular formula is C14H21ClN2O3. The molecule has 0 aliphatic rings. The second kappa shape index (κ2) is 7.97. The molecule has 1 unspecified atom stereocenters. The molecule has 0 spiro atoms. The Hall–Kier alpha value is -1.46. The van der Waals surface area contributed by atoms with Crippen LogP contribution in [0.3, 0.4) is 0 Å². The third-order valence-corrected chi connectivity index (χ3v) is 3.34. The fourth-order valence-corrected chi connectivity index (χ4v) is 2.09. The Morgan fingerprint density at radius 1 is 1.35 bits per heavy atom. The number of amides is 1. The zero-order valence-electron chi connectivity index (χ0n) is 12.0. The van der Waals surface area contributed by atoms with E-state index >= 15 is 0 Å². The number of nitrogens with two attached hydrogens (primary N) is 1. The largest absolute Gasteiger partial charge is 0.493 e. The van der Waals surface area contributed by atoms with Gasteiger partial charge in [0, 0.05) is 18.7 Å². The minimum absolute atomic E-state index is 0.136. The molecule has 3 N–H and O–H groups in total. The Morgan fingerprint density at radius 2 is 1.95 bits per heavy atom. The van der Waals surface area contributed by atoms with Crippen molar-refractivity contribution in [2.75, 3.05) is 26.1 Å². The lowest BCUT2D eigenvalue weighted by Crippen LogP contribution is -2.29. The molecule has 112 valence electrons. The van der Waals surface area contributed by atoms with Crippen LogP contribution in [0.1, 0.15) is 19.8 Å². The normalized spacial score (nSPS) is 11.8. The Labute approximate surface area is 124 Å². The SMILES string of the molecule is CCCC(CN)C(=O)Nc1cc(OC)c(OC)cc1Cl. The third-order valence-electron chi connectivity index (χ3n) is 3.02. The van der Waals surface area contributed by atoms with Gasteiger partial charge in [-0.05, 0) is 6.42 Å². The van der Waals surface area contributed by atoms with Crippen molar-refractivity contribution in [2.24, 2.45) is 11.7 Å². The fraction of sp³-hybridized carbons (Fsp3) is 0.500. The molecule has 0 bridgehead atoms. The van der Waals surface area contributed by atoms with Gasteiger partial charge in [0.15, 0.2) is 11.5 Å². The maximum Gasteiger partial charge on any atom is 0.228 e. The first-order chi connectivity index (χ1) is 9.57. The van der Waals surface area contributed by atoms with Crippen LogP contribution in [0.4, 0.5) is 5.69 Å². The molecule has 0 aliphatic heterocycles. The maximum atomic E-state index is 12.1. The van der Waals surface area contributed by atoms with Crippen molar-refractivity contribution in [3.8, 4) is 11.5 Å². The molecule has 5 nitrogen and oxygen atoms in total. The Bertz CT molecular complexity index is 466. The lowest BCUT2D eigenvalue weighted by Gasteiger charge is -2.16. The number of halogens is 1. The van der Waals surface area contributed by atoms with Crippen molar-refractivity contribution in [1.29, 1.82) is 0 Å². The second-order valence-corrected chi connectivity index (χ2v) is 4.80. The molecule has 0 aliphatic carbocycles. The highest BCUT2D eigenvalue weighted by atomic mass is 35.5. The quantitative estimate of drug-likeness (QED) is 0.812. The maximum absolute atomic E-state index is 12.1. The summed E-state index contributed by atoms with van der Waals surface area (Å²) >= 11 is 6.12. The standard InChI is InChI=1S/C14H21ClN2O3/c1-4-5-9(8-16)14(18)17-11-7-13(20-3)12(19-2)6-10(11)15/h6-7,9H,4-5,8,16H2,1-3H3,(H,17,18). The molecule has 0 saturated heterocycles. The topological polar surface area (TPSA) is 73.6 Å². The van der Waals surface area contributed by atoms with E-state index < -0.39 is 0 Å². The van der Waals surface area contributed by atoms with E-state index in [1.165, 1.54) is 14.2 Å². The lowest BCUT2D eigenvalue weighted by atomic mass is 10.0. The summed E-state index contributed by atoms with van der Waals surface area (Å²) in [5.41, 5.74) is 6.10. The summed E-state index contributed by atoms with van der Waals surface area (Å²) in [6.07, 6.45) is 1.64. The van der Waals surface area contributed by atoms with Crippen molar-refractivity contribution in [3.05, 3.63) is 17.2 Å². The molecule has 1 atom stereocenters. The van der Waals surface area contributed by atoms with Gasteiger partial charge in [-0.1, -0.05) is 24.9 Å². The summed E-state index contributed by atoms with van der Waals surface area (Å²) in [4.78, 5) is 12.1. The molecule has 1 rings (SSSR count). The number of benzene rings is 1. The van der Waals surface area contributed by atoms with Crippen LogP contribution in [0.15, 0.2) is 12.1 Å². The van der Waals surface area contributed by atoms with Crippen molar-refractivity contribution in [1.82, 2.24) is 0 Å². The molecule has 0 radical (unpaired) electrons. The third kappa shape index (κ3) is 4.02. The zero-order valence-corrected chi connectivity index (χ0v) is 12.8. The number of ether oxygens (including phenoxy) is 2. The van der Waals surface area contributed by atoms with E-state index in [1.807, 2.05) is 6.92 Å². The molecule has 1 aromatic carbocycles. The zero-order chi connectivity index (χ0) is 15.1. The van der Waals surface area contributed by atoms with Crippen molar-refractivity contribution in [3.63, 3.8) is 0 Å². The highest BCUT2D eigenvalue weighted by Crippen LogP contribution is 2.36. The minimum Gasteiger partial charge on any atom is -0.493 e. The Balaban J connectivity index is 2.94. The molecule has 0 aromatic heterocycles. The number of carbonyl (C=O) groups is 1. The van der Waals surface area contributed by atoms with E-state index in [9.17, 15) is 4.79 Å². The summed E-state index contributed by atoms with van der Waals surface area (Å²) in [6.45, 7) is 2.32. The summed E-state index contributed by atoms with van der Waals surface area (Å²) in [7, 11) is 3.05. The molecule has 6 heteroatoms. The van der Waals surface area contributed by atoms with Crippen LogP contribution in [0.25, 0.3) is 0 Å². The number of rotatable bonds is 7. The van der Waals surface area contributed by atoms with Crippen molar-refractivity contribution in [2.45, 2.75) is 19.8 Å². The second-order valence-electron chi connectivity index (χ2n) is 4.40. The van der Waals surface area contributed by atoms with E-state index in [-0.39, 0.29) is 11.8 Å². The van der Waals surface area contributed by atoms with Gasteiger partial charge >= 0.3 is 0 Å². The van der Waals surface area contributed by atoms with Crippen LogP contribution in [-0.2, 0) is 4.79 Å². The Kier molecular flexibility index (Phi) is 6.61. The van der Waals surface area contributed by atoms with Gasteiger partial charge in [0.2, 0.25) is 5.91 Å². The van der Waals surface area contributed by atoms with Crippen LogP contribution < -0.4 is 20.5 Å². The van der Waals surface area contributed by atoms with E-state index in [0.29, 0.717) is 28.8 Å². The predicted molar refractivity (Wildman–Crippen MR) is 80.6 cm³/mol. The first kappa shape index (κ1) is 16.6. The van der Waals surface area contributed by atoms with Gasteiger partial charge < -0.3 is 20.5 Å². The van der Waals surface area contributed by atoms with Gasteiger partial charge in [0.1, 0.15) is 0 Å². The smallest absolute Gasteiger partial charge is 0.228 e. The molecule has 20 heavy (non-hydrogen) atoms. The first-order valence-electron chi connectivity index (χ1n) is 6.49. The van der Waals surface area contributed by atoms with Gasteiger partial charge in [-0.25, -0.2) is 0 Å². The Morgan fingerprint density at radius 3 is 2.45 bits per heavy atom. The number of anilines is 1. The number of nitrogens with one attached hydrogen (secondary N) is 1. The van der Waals surface area contributed by atoms with Crippen molar-refractivity contribution < 1.29 is 14.3 Å². The van der Waals surface area contributed by atoms with Gasteiger partial charge in [-0.15, -0.1) is 0 Å². The average Bonchev–Trinajstić information content (AvgIpc) is 2.46. The predicted octanol–water partition coefficient (Wildman–Crippen LogP) is 2.67. The van der Waals surface area contributed by atoms with Crippen LogP contribution in [-0.4, -0.2) is 26.7 Å². The molecule has 0 heterocycles. The minimum atomic E-state index is -0.218. The van der Waals surface area contributed by atoms with E-state index in [1.54, 1.807) is 12.1 Å². The number of carbonyl (C=O) groups excluding carboxylic acids is 1. The molecule has 0 saturated carbocycles. The highest BCUT2D eigenvalue weighted by Gasteiger charge is 2.18. The van der Waals surface area contributed by atoms with Crippen LogP contribution in [0, 0.1) is 5.92 Å². The van der Waals surface area contributed by atoms with Gasteiger partial charge in [-0.2, -0.15) is 0 Å². The lowest BCUT2D eigenvalue weighted by molar-refractivity contribution is -0.119. The highest BCUT2D eigenvalue weighted by molar-refractivity contribution is 6.34. The van der Waals surface area contributed by atoms with Gasteiger partial charge in [0.25, 0.3) is 0 Å². The summed E-state index contributed by atoms with van der Waals surface area (Å²) in [6, 6.07) is 3.24. The van der Waals surface area contributed by atoms with Crippen LogP contribution >= 0.6 is 11.6 Å². The summed E-state index contributed by atoms with van der Waals surface area (Å²) < 4.78 is 10.3. The number of methoxy groups -OCH3 is 2. The van der Waals surface area contributed by atoms with E-state index in [0.717, 1.165) is 12.8 Å². The van der Waals surface area contributed by atoms with Crippen LogP contribution in [0.5, 0.6) is 11.5 Å². The van der Waals surface area contributed by atoms with Crippen molar-refractivity contribution >= 4 is 23.2 Å². The summed E-state index contributed by atoms with van der Waals surface area (Å²) in [5, 5.41) is 3.18. The van der Waals surface area contributed by atoms with E-state index in [2.05, 4.69) is 5.32 Å². The molecule has 0 fully saturated rings. The van der Waals surface area contributed by atoms with Gasteiger partial charge in [0.05, 0.1) is 30.8 Å². The number of hydrogen-bond acceptors (Lipinski definition) is 4. The monoisotopic (exact) mass is 300 g/mol. The molecular weight excluding hydrogens is 280 g/mol. The molecule has 1 amide bonds. The first-order valence-corrected chi connectivity index (χ1v) is 6.87. The van der Waals surface area contributed by atoms with E-state index in [4.69, 9.17) is 26.8 Å². The van der Waals surface area contributed by atoms with Gasteiger partial charge in [-0.3, -0.25) is 4.79 Å². The molecule has 1 aromatic rings. The fourth-order valence-electron chi connectivity index (χ4n) is 1.89. The van der Waals surface area contributed by atoms with Crippen LogP contribution in [0.2, 0.25) is 5.02 Å². The summed E-state index contributed by atoms with van der Waals surface area (Å²) in [5.74, 6) is 0.666. The average molecular weight is 301 g/mol.